The Bertz CT molecular complexity index is 742. The van der Waals surface area contributed by atoms with E-state index < -0.39 is 11.9 Å². The zero-order valence-electron chi connectivity index (χ0n) is 12.3. The van der Waals surface area contributed by atoms with Crippen LogP contribution in [-0.4, -0.2) is 27.0 Å². The normalized spacial score (nSPS) is 17.4. The minimum absolute atomic E-state index is 0.0862. The molecule has 1 aromatic heterocycles. The number of carbonyl (C=O) groups is 1. The van der Waals surface area contributed by atoms with Crippen molar-refractivity contribution in [1.29, 1.82) is 0 Å². The minimum Gasteiger partial charge on any atom is -0.476 e. The van der Waals surface area contributed by atoms with Crippen LogP contribution in [0.25, 0.3) is 0 Å². The number of aromatic nitrogens is 3. The van der Waals surface area contributed by atoms with Gasteiger partial charge in [0.05, 0.1) is 23.6 Å². The first-order valence-corrected chi connectivity index (χ1v) is 7.50. The Morgan fingerprint density at radius 2 is 2.18 bits per heavy atom. The predicted octanol–water partition coefficient (Wildman–Crippen LogP) is 2.34. The summed E-state index contributed by atoms with van der Waals surface area (Å²) in [5.41, 5.74) is 1.91. The summed E-state index contributed by atoms with van der Waals surface area (Å²) >= 11 is 3.25. The summed E-state index contributed by atoms with van der Waals surface area (Å²) in [5.74, 6) is -0.651. The van der Waals surface area contributed by atoms with E-state index in [-0.39, 0.29) is 18.2 Å². The third-order valence-corrected chi connectivity index (χ3v) is 4.09. The molecule has 6 nitrogen and oxygen atoms in total. The van der Waals surface area contributed by atoms with Gasteiger partial charge in [-0.25, -0.2) is 4.39 Å². The van der Waals surface area contributed by atoms with Gasteiger partial charge in [-0.2, -0.15) is 0 Å². The van der Waals surface area contributed by atoms with Gasteiger partial charge in [0.2, 0.25) is 0 Å². The van der Waals surface area contributed by atoms with Crippen LogP contribution in [0.1, 0.15) is 18.3 Å². The molecule has 1 atom stereocenters. The Morgan fingerprint density at radius 1 is 1.45 bits per heavy atom. The fraction of sp³-hybridized carbons (Fsp3) is 0.357. The van der Waals surface area contributed by atoms with Gasteiger partial charge in [0.15, 0.2) is 17.7 Å². The summed E-state index contributed by atoms with van der Waals surface area (Å²) in [6, 6.07) is 2.98. The average molecular weight is 369 g/mol. The molecule has 1 aliphatic heterocycles. The lowest BCUT2D eigenvalue weighted by Gasteiger charge is -2.33. The van der Waals surface area contributed by atoms with Crippen LogP contribution in [0.2, 0.25) is 0 Å². The maximum Gasteiger partial charge on any atom is 0.268 e. The van der Waals surface area contributed by atoms with E-state index in [1.54, 1.807) is 24.7 Å². The standard InChI is InChI=1S/C14H14BrFN4O2/c1-7-12(19(3)18-17-7)6-20-11-5-9(15)4-10(16)13(11)22-8(2)14(20)21/h4-5,8H,6H2,1-3H3/t8-/m1/s1. The maximum absolute atomic E-state index is 14.1. The lowest BCUT2D eigenvalue weighted by Crippen LogP contribution is -2.44. The first-order chi connectivity index (χ1) is 10.4. The highest BCUT2D eigenvalue weighted by molar-refractivity contribution is 9.10. The van der Waals surface area contributed by atoms with E-state index in [2.05, 4.69) is 26.2 Å². The van der Waals surface area contributed by atoms with Crippen molar-refractivity contribution in [2.24, 2.45) is 7.05 Å². The number of rotatable bonds is 2. The monoisotopic (exact) mass is 368 g/mol. The molecular formula is C14H14BrFN4O2. The molecule has 0 saturated heterocycles. The highest BCUT2D eigenvalue weighted by Crippen LogP contribution is 2.39. The molecule has 0 saturated carbocycles. The van der Waals surface area contributed by atoms with Crippen molar-refractivity contribution >= 4 is 27.5 Å². The van der Waals surface area contributed by atoms with Gasteiger partial charge in [0.25, 0.3) is 5.91 Å². The Morgan fingerprint density at radius 3 is 2.82 bits per heavy atom. The van der Waals surface area contributed by atoms with Crippen molar-refractivity contribution in [1.82, 2.24) is 15.0 Å². The van der Waals surface area contributed by atoms with E-state index in [9.17, 15) is 9.18 Å². The third-order valence-electron chi connectivity index (χ3n) is 3.63. The number of hydrogen-bond donors (Lipinski definition) is 0. The Kier molecular flexibility index (Phi) is 3.64. The molecule has 1 amide bonds. The average Bonchev–Trinajstić information content (AvgIpc) is 2.76. The van der Waals surface area contributed by atoms with Gasteiger partial charge in [-0.1, -0.05) is 21.1 Å². The Labute approximate surface area is 135 Å². The van der Waals surface area contributed by atoms with Crippen LogP contribution >= 0.6 is 15.9 Å². The molecule has 2 aromatic rings. The van der Waals surface area contributed by atoms with E-state index in [0.717, 1.165) is 11.4 Å². The SMILES string of the molecule is Cc1nnn(C)c1CN1C(=O)[C@@H](C)Oc2c(F)cc(Br)cc21. The fourth-order valence-corrected chi connectivity index (χ4v) is 2.86. The van der Waals surface area contributed by atoms with Crippen LogP contribution in [0, 0.1) is 12.7 Å². The molecule has 0 radical (unpaired) electrons. The molecular weight excluding hydrogens is 355 g/mol. The number of halogens is 2. The number of aryl methyl sites for hydroxylation is 2. The number of carbonyl (C=O) groups excluding carboxylic acids is 1. The third kappa shape index (κ3) is 2.37. The Hall–Kier alpha value is -1.96. The largest absolute Gasteiger partial charge is 0.476 e. The maximum atomic E-state index is 14.1. The van der Waals surface area contributed by atoms with E-state index in [4.69, 9.17) is 4.74 Å². The highest BCUT2D eigenvalue weighted by Gasteiger charge is 2.34. The molecule has 0 spiro atoms. The summed E-state index contributed by atoms with van der Waals surface area (Å²) in [7, 11) is 1.76. The topological polar surface area (TPSA) is 60.2 Å². The molecule has 0 unspecified atom stereocenters. The zero-order valence-corrected chi connectivity index (χ0v) is 13.9. The van der Waals surface area contributed by atoms with Gasteiger partial charge in [0, 0.05) is 11.5 Å². The van der Waals surface area contributed by atoms with E-state index in [1.165, 1.54) is 11.0 Å². The van der Waals surface area contributed by atoms with Crippen LogP contribution in [0.5, 0.6) is 5.75 Å². The highest BCUT2D eigenvalue weighted by atomic mass is 79.9. The molecule has 8 heteroatoms. The van der Waals surface area contributed by atoms with Crippen molar-refractivity contribution in [3.05, 3.63) is 33.8 Å². The molecule has 116 valence electrons. The first kappa shape index (κ1) is 15.0. The molecule has 0 fully saturated rings. The molecule has 22 heavy (non-hydrogen) atoms. The summed E-state index contributed by atoms with van der Waals surface area (Å²) in [6.45, 7) is 3.68. The van der Waals surface area contributed by atoms with Crippen molar-refractivity contribution in [3.8, 4) is 5.75 Å². The number of fused-ring (bicyclic) bond motifs is 1. The number of benzene rings is 1. The summed E-state index contributed by atoms with van der Waals surface area (Å²) in [6.07, 6.45) is -0.746. The molecule has 2 heterocycles. The van der Waals surface area contributed by atoms with Gasteiger partial charge < -0.3 is 4.74 Å². The van der Waals surface area contributed by atoms with Crippen LogP contribution < -0.4 is 9.64 Å². The van der Waals surface area contributed by atoms with Gasteiger partial charge in [-0.15, -0.1) is 5.10 Å². The van der Waals surface area contributed by atoms with Gasteiger partial charge >= 0.3 is 0 Å². The smallest absolute Gasteiger partial charge is 0.268 e. The van der Waals surface area contributed by atoms with Crippen molar-refractivity contribution < 1.29 is 13.9 Å². The summed E-state index contributed by atoms with van der Waals surface area (Å²) in [4.78, 5) is 14.0. The number of nitrogens with zero attached hydrogens (tertiary/aromatic N) is 4. The molecule has 0 bridgehead atoms. The number of ether oxygens (including phenoxy) is 1. The van der Waals surface area contributed by atoms with E-state index in [0.29, 0.717) is 10.2 Å². The molecule has 0 aliphatic carbocycles. The molecule has 3 rings (SSSR count). The van der Waals surface area contributed by atoms with Gasteiger partial charge in [-0.05, 0) is 26.0 Å². The first-order valence-electron chi connectivity index (χ1n) is 6.70. The summed E-state index contributed by atoms with van der Waals surface area (Å²) in [5, 5.41) is 7.91. The van der Waals surface area contributed by atoms with Gasteiger partial charge in [0.1, 0.15) is 0 Å². The molecule has 1 aromatic carbocycles. The fourth-order valence-electron chi connectivity index (χ4n) is 2.44. The van der Waals surface area contributed by atoms with E-state index >= 15 is 0 Å². The van der Waals surface area contributed by atoms with E-state index in [1.807, 2.05) is 6.92 Å². The number of anilines is 1. The molecule has 0 N–H and O–H groups in total. The second kappa shape index (κ2) is 5.35. The van der Waals surface area contributed by atoms with Crippen LogP contribution in [-0.2, 0) is 18.4 Å². The van der Waals surface area contributed by atoms with Crippen molar-refractivity contribution in [2.75, 3.05) is 4.90 Å². The van der Waals surface area contributed by atoms with Crippen molar-refractivity contribution in [2.45, 2.75) is 26.5 Å². The van der Waals surface area contributed by atoms with Gasteiger partial charge in [-0.3, -0.25) is 14.4 Å². The van der Waals surface area contributed by atoms with Crippen LogP contribution in [0.15, 0.2) is 16.6 Å². The summed E-state index contributed by atoms with van der Waals surface area (Å²) < 4.78 is 21.7. The van der Waals surface area contributed by atoms with Crippen LogP contribution in [0.4, 0.5) is 10.1 Å². The number of amides is 1. The zero-order chi connectivity index (χ0) is 16.0. The Balaban J connectivity index is 2.09. The molecule has 1 aliphatic rings. The predicted molar refractivity (Wildman–Crippen MR) is 81.1 cm³/mol. The lowest BCUT2D eigenvalue weighted by atomic mass is 10.1. The lowest BCUT2D eigenvalue weighted by molar-refractivity contribution is -0.125. The van der Waals surface area contributed by atoms with Crippen LogP contribution in [0.3, 0.4) is 0 Å². The second-order valence-electron chi connectivity index (χ2n) is 5.17. The second-order valence-corrected chi connectivity index (χ2v) is 6.08. The number of hydrogen-bond acceptors (Lipinski definition) is 4. The van der Waals surface area contributed by atoms with Crippen molar-refractivity contribution in [3.63, 3.8) is 0 Å². The quantitative estimate of drug-likeness (QED) is 0.816. The minimum atomic E-state index is -0.746.